The number of carboxylic acid groups (broad SMARTS) is 1. The van der Waals surface area contributed by atoms with E-state index in [2.05, 4.69) is 0 Å². The van der Waals surface area contributed by atoms with Crippen molar-refractivity contribution >= 4 is 22.0 Å². The Labute approximate surface area is 141 Å². The number of hydrogen-bond donors (Lipinski definition) is 1. The van der Waals surface area contributed by atoms with Crippen LogP contribution in [0.2, 0.25) is 0 Å². The summed E-state index contributed by atoms with van der Waals surface area (Å²) in [7, 11) is -3.59. The Morgan fingerprint density at radius 1 is 1.29 bits per heavy atom. The van der Waals surface area contributed by atoms with Crippen LogP contribution in [0, 0.1) is 5.92 Å². The molecule has 132 valence electrons. The van der Waals surface area contributed by atoms with E-state index in [0.717, 1.165) is 0 Å². The Bertz CT molecular complexity index is 698. The van der Waals surface area contributed by atoms with Gasteiger partial charge in [-0.15, -0.1) is 0 Å². The SMILES string of the molecule is CCOC(=O)c1ccc(CS(=O)(=O)N2CCCC(C(=O)O)C2)cc1. The van der Waals surface area contributed by atoms with Gasteiger partial charge in [-0.05, 0) is 37.5 Å². The highest BCUT2D eigenvalue weighted by atomic mass is 32.2. The topological polar surface area (TPSA) is 101 Å². The van der Waals surface area contributed by atoms with Crippen LogP contribution in [-0.2, 0) is 25.3 Å². The van der Waals surface area contributed by atoms with E-state index < -0.39 is 27.9 Å². The van der Waals surface area contributed by atoms with Crippen molar-refractivity contribution in [1.82, 2.24) is 4.31 Å². The molecule has 0 amide bonds. The molecule has 0 bridgehead atoms. The molecule has 0 aromatic heterocycles. The highest BCUT2D eigenvalue weighted by Crippen LogP contribution is 2.21. The fraction of sp³-hybridized carbons (Fsp3) is 0.500. The largest absolute Gasteiger partial charge is 0.481 e. The summed E-state index contributed by atoms with van der Waals surface area (Å²) in [5.41, 5.74) is 0.905. The molecule has 1 saturated heterocycles. The average molecular weight is 355 g/mol. The molecule has 8 heteroatoms. The number of ether oxygens (including phenoxy) is 1. The maximum absolute atomic E-state index is 12.5. The summed E-state index contributed by atoms with van der Waals surface area (Å²) < 4.78 is 31.1. The van der Waals surface area contributed by atoms with Gasteiger partial charge >= 0.3 is 11.9 Å². The van der Waals surface area contributed by atoms with E-state index in [1.165, 1.54) is 16.4 Å². The number of sulfonamides is 1. The Kier molecular flexibility index (Phi) is 5.95. The van der Waals surface area contributed by atoms with Crippen molar-refractivity contribution in [2.24, 2.45) is 5.92 Å². The molecule has 1 unspecified atom stereocenters. The molecule has 0 aliphatic carbocycles. The number of aliphatic carboxylic acids is 1. The number of piperidine rings is 1. The molecule has 24 heavy (non-hydrogen) atoms. The Hall–Kier alpha value is -1.93. The van der Waals surface area contributed by atoms with Gasteiger partial charge in [0, 0.05) is 13.1 Å². The lowest BCUT2D eigenvalue weighted by atomic mass is 10.0. The number of esters is 1. The van der Waals surface area contributed by atoms with Gasteiger partial charge in [0.05, 0.1) is 23.8 Å². The van der Waals surface area contributed by atoms with E-state index in [1.54, 1.807) is 19.1 Å². The van der Waals surface area contributed by atoms with Gasteiger partial charge in [0.2, 0.25) is 10.0 Å². The van der Waals surface area contributed by atoms with Crippen molar-refractivity contribution in [3.63, 3.8) is 0 Å². The molecular formula is C16H21NO6S. The van der Waals surface area contributed by atoms with Crippen molar-refractivity contribution in [3.8, 4) is 0 Å². The van der Waals surface area contributed by atoms with Gasteiger partial charge < -0.3 is 9.84 Å². The fourth-order valence-electron chi connectivity index (χ4n) is 2.65. The summed E-state index contributed by atoms with van der Waals surface area (Å²) in [4.78, 5) is 22.7. The van der Waals surface area contributed by atoms with Crippen molar-refractivity contribution in [2.45, 2.75) is 25.5 Å². The third kappa shape index (κ3) is 4.55. The number of nitrogens with zero attached hydrogens (tertiary/aromatic N) is 1. The smallest absolute Gasteiger partial charge is 0.338 e. The van der Waals surface area contributed by atoms with Crippen LogP contribution < -0.4 is 0 Å². The Morgan fingerprint density at radius 3 is 2.54 bits per heavy atom. The van der Waals surface area contributed by atoms with Crippen LogP contribution in [0.5, 0.6) is 0 Å². The van der Waals surface area contributed by atoms with Crippen LogP contribution in [0.3, 0.4) is 0 Å². The van der Waals surface area contributed by atoms with Gasteiger partial charge in [-0.1, -0.05) is 12.1 Å². The van der Waals surface area contributed by atoms with Gasteiger partial charge in [0.1, 0.15) is 0 Å². The summed E-state index contributed by atoms with van der Waals surface area (Å²) in [6.45, 7) is 2.34. The lowest BCUT2D eigenvalue weighted by Gasteiger charge is -2.29. The molecule has 0 saturated carbocycles. The quantitative estimate of drug-likeness (QED) is 0.776. The Balaban J connectivity index is 2.06. The minimum atomic E-state index is -3.59. The first-order valence-electron chi connectivity index (χ1n) is 7.80. The highest BCUT2D eigenvalue weighted by molar-refractivity contribution is 7.88. The van der Waals surface area contributed by atoms with E-state index in [-0.39, 0.29) is 18.9 Å². The number of hydrogen-bond acceptors (Lipinski definition) is 5. The summed E-state index contributed by atoms with van der Waals surface area (Å²) in [5.74, 6) is -2.29. The zero-order valence-electron chi connectivity index (χ0n) is 13.5. The number of carbonyl (C=O) groups is 2. The molecule has 0 spiro atoms. The third-order valence-electron chi connectivity index (χ3n) is 3.94. The molecule has 7 nitrogen and oxygen atoms in total. The molecular weight excluding hydrogens is 334 g/mol. The zero-order valence-corrected chi connectivity index (χ0v) is 14.3. The second-order valence-electron chi connectivity index (χ2n) is 5.71. The van der Waals surface area contributed by atoms with Gasteiger partial charge in [-0.25, -0.2) is 17.5 Å². The Morgan fingerprint density at radius 2 is 1.96 bits per heavy atom. The minimum Gasteiger partial charge on any atom is -0.481 e. The van der Waals surface area contributed by atoms with E-state index in [4.69, 9.17) is 9.84 Å². The molecule has 1 atom stereocenters. The summed E-state index contributed by atoms with van der Waals surface area (Å²) >= 11 is 0. The lowest BCUT2D eigenvalue weighted by Crippen LogP contribution is -2.42. The maximum Gasteiger partial charge on any atom is 0.338 e. The van der Waals surface area contributed by atoms with E-state index in [9.17, 15) is 18.0 Å². The molecule has 1 aromatic rings. The molecule has 1 N–H and O–H groups in total. The van der Waals surface area contributed by atoms with Crippen molar-refractivity contribution in [2.75, 3.05) is 19.7 Å². The molecule has 1 heterocycles. The molecule has 1 aromatic carbocycles. The van der Waals surface area contributed by atoms with Crippen LogP contribution in [0.25, 0.3) is 0 Å². The first-order chi connectivity index (χ1) is 11.3. The van der Waals surface area contributed by atoms with Crippen molar-refractivity contribution < 1.29 is 27.9 Å². The molecule has 1 aliphatic heterocycles. The predicted molar refractivity (Wildman–Crippen MR) is 87.0 cm³/mol. The first kappa shape index (κ1) is 18.4. The van der Waals surface area contributed by atoms with E-state index in [0.29, 0.717) is 30.5 Å². The van der Waals surface area contributed by atoms with Crippen LogP contribution in [0.4, 0.5) is 0 Å². The van der Waals surface area contributed by atoms with Gasteiger partial charge in [0.15, 0.2) is 0 Å². The summed E-state index contributed by atoms with van der Waals surface area (Å²) in [6, 6.07) is 6.20. The standard InChI is InChI=1S/C16H21NO6S/c1-2-23-16(20)13-7-5-12(6-8-13)11-24(21,22)17-9-3-4-14(10-17)15(18)19/h5-8,14H,2-4,9-11H2,1H3,(H,18,19). The monoisotopic (exact) mass is 355 g/mol. The predicted octanol–water partition coefficient (Wildman–Crippen LogP) is 1.49. The van der Waals surface area contributed by atoms with Gasteiger partial charge in [0.25, 0.3) is 0 Å². The summed E-state index contributed by atoms with van der Waals surface area (Å²) in [5, 5.41) is 9.07. The van der Waals surface area contributed by atoms with Crippen molar-refractivity contribution in [3.05, 3.63) is 35.4 Å². The van der Waals surface area contributed by atoms with Crippen LogP contribution in [-0.4, -0.2) is 49.5 Å². The molecule has 1 fully saturated rings. The molecule has 1 aliphatic rings. The van der Waals surface area contributed by atoms with Gasteiger partial charge in [-0.2, -0.15) is 0 Å². The lowest BCUT2D eigenvalue weighted by molar-refractivity contribution is -0.142. The van der Waals surface area contributed by atoms with Crippen molar-refractivity contribution in [1.29, 1.82) is 0 Å². The zero-order chi connectivity index (χ0) is 17.7. The van der Waals surface area contributed by atoms with Crippen LogP contribution in [0.15, 0.2) is 24.3 Å². The third-order valence-corrected chi connectivity index (χ3v) is 5.76. The molecule has 2 rings (SSSR count). The second kappa shape index (κ2) is 7.76. The normalized spacial score (nSPS) is 19.0. The number of benzene rings is 1. The fourth-order valence-corrected chi connectivity index (χ4v) is 4.26. The maximum atomic E-state index is 12.5. The number of carbonyl (C=O) groups excluding carboxylic acids is 1. The second-order valence-corrected chi connectivity index (χ2v) is 7.68. The molecule has 0 radical (unpaired) electrons. The number of carboxylic acids is 1. The van der Waals surface area contributed by atoms with Crippen LogP contribution >= 0.6 is 0 Å². The highest BCUT2D eigenvalue weighted by Gasteiger charge is 2.32. The number of rotatable bonds is 6. The van der Waals surface area contributed by atoms with E-state index >= 15 is 0 Å². The minimum absolute atomic E-state index is 0.0125. The van der Waals surface area contributed by atoms with Crippen LogP contribution in [0.1, 0.15) is 35.7 Å². The van der Waals surface area contributed by atoms with Gasteiger partial charge in [-0.3, -0.25) is 4.79 Å². The van der Waals surface area contributed by atoms with E-state index in [1.807, 2.05) is 0 Å². The first-order valence-corrected chi connectivity index (χ1v) is 9.41. The summed E-state index contributed by atoms with van der Waals surface area (Å²) in [6.07, 6.45) is 1.04. The average Bonchev–Trinajstić information content (AvgIpc) is 2.55.